The van der Waals surface area contributed by atoms with Gasteiger partial charge in [-0.05, 0) is 61.7 Å². The fourth-order valence-corrected chi connectivity index (χ4v) is 5.77. The van der Waals surface area contributed by atoms with E-state index in [1.165, 1.54) is 32.1 Å². The summed E-state index contributed by atoms with van der Waals surface area (Å²) in [5, 5.41) is 3.24. The Morgan fingerprint density at radius 2 is 1.91 bits per heavy atom. The lowest BCUT2D eigenvalue weighted by molar-refractivity contribution is -0.122. The summed E-state index contributed by atoms with van der Waals surface area (Å²) < 4.78 is 2.10. The second-order valence-electron chi connectivity index (χ2n) is 8.04. The van der Waals surface area contributed by atoms with Gasteiger partial charge in [-0.15, -0.1) is 0 Å². The average Bonchev–Trinajstić information content (AvgIpc) is 2.99. The fraction of sp³-hybridized carbons (Fsp3) is 0.789. The predicted octanol–water partition coefficient (Wildman–Crippen LogP) is 3.02. The van der Waals surface area contributed by atoms with Crippen molar-refractivity contribution in [3.8, 4) is 0 Å². The van der Waals surface area contributed by atoms with E-state index in [2.05, 4.69) is 21.8 Å². The molecule has 4 nitrogen and oxygen atoms in total. The van der Waals surface area contributed by atoms with E-state index in [1.54, 1.807) is 0 Å². The highest BCUT2D eigenvalue weighted by Crippen LogP contribution is 2.56. The molecule has 4 heteroatoms. The Labute approximate surface area is 139 Å². The van der Waals surface area contributed by atoms with Gasteiger partial charge in [0.1, 0.15) is 5.82 Å². The zero-order valence-electron chi connectivity index (χ0n) is 14.2. The number of hydrogen-bond donors (Lipinski definition) is 1. The molecule has 23 heavy (non-hydrogen) atoms. The fourth-order valence-electron chi connectivity index (χ4n) is 5.77. The number of rotatable bonds is 6. The van der Waals surface area contributed by atoms with E-state index in [1.807, 2.05) is 12.4 Å². The molecule has 0 spiro atoms. The molecule has 0 saturated heterocycles. The molecule has 4 aliphatic rings. The highest BCUT2D eigenvalue weighted by atomic mass is 16.1. The summed E-state index contributed by atoms with van der Waals surface area (Å²) >= 11 is 0. The van der Waals surface area contributed by atoms with Crippen molar-refractivity contribution in [1.29, 1.82) is 0 Å². The Kier molecular flexibility index (Phi) is 4.16. The highest BCUT2D eigenvalue weighted by Gasteiger charge is 2.47. The van der Waals surface area contributed by atoms with Gasteiger partial charge in [0, 0.05) is 38.3 Å². The van der Waals surface area contributed by atoms with Crippen molar-refractivity contribution in [3.05, 3.63) is 18.2 Å². The monoisotopic (exact) mass is 315 g/mol. The van der Waals surface area contributed by atoms with Crippen LogP contribution < -0.4 is 5.32 Å². The number of imidazole rings is 1. The number of hydrogen-bond acceptors (Lipinski definition) is 2. The Hall–Kier alpha value is -1.32. The molecule has 4 fully saturated rings. The van der Waals surface area contributed by atoms with Crippen LogP contribution in [0.5, 0.6) is 0 Å². The molecule has 4 aliphatic carbocycles. The third-order valence-corrected chi connectivity index (χ3v) is 6.65. The number of nitrogens with zero attached hydrogens (tertiary/aromatic N) is 2. The Morgan fingerprint density at radius 1 is 1.22 bits per heavy atom. The number of aromatic nitrogens is 2. The van der Waals surface area contributed by atoms with Crippen LogP contribution in [0.1, 0.15) is 51.3 Å². The first-order valence-electron chi connectivity index (χ1n) is 9.49. The molecule has 1 aromatic heterocycles. The third-order valence-electron chi connectivity index (χ3n) is 6.65. The molecule has 1 heterocycles. The van der Waals surface area contributed by atoms with Crippen LogP contribution in [0, 0.1) is 29.6 Å². The Balaban J connectivity index is 1.25. The molecule has 0 unspecified atom stereocenters. The number of carbonyl (C=O) groups is 1. The molecule has 0 aromatic carbocycles. The van der Waals surface area contributed by atoms with Crippen molar-refractivity contribution >= 4 is 5.91 Å². The highest BCUT2D eigenvalue weighted by molar-refractivity contribution is 5.75. The van der Waals surface area contributed by atoms with Gasteiger partial charge in [0.05, 0.1) is 0 Å². The maximum atomic E-state index is 12.2. The van der Waals surface area contributed by atoms with Crippen LogP contribution >= 0.6 is 0 Å². The van der Waals surface area contributed by atoms with E-state index in [0.717, 1.165) is 54.9 Å². The number of nitrogens with one attached hydrogen (secondary N) is 1. The molecule has 4 bridgehead atoms. The molecule has 4 saturated carbocycles. The van der Waals surface area contributed by atoms with Crippen molar-refractivity contribution in [2.45, 2.75) is 58.4 Å². The first-order valence-corrected chi connectivity index (χ1v) is 9.49. The molecule has 0 radical (unpaired) electrons. The molecule has 126 valence electrons. The predicted molar refractivity (Wildman–Crippen MR) is 89.8 cm³/mol. The van der Waals surface area contributed by atoms with Crippen molar-refractivity contribution in [2.24, 2.45) is 29.6 Å². The Morgan fingerprint density at radius 3 is 2.57 bits per heavy atom. The molecule has 5 rings (SSSR count). The first kappa shape index (κ1) is 15.2. The van der Waals surface area contributed by atoms with Crippen LogP contribution in [-0.4, -0.2) is 22.0 Å². The lowest BCUT2D eigenvalue weighted by Crippen LogP contribution is -2.49. The number of carbonyl (C=O) groups excluding carboxylic acids is 1. The SMILES string of the molecule is CCc1nccn1CCC(=O)NCC1C2CC3CC(C2)CC1C3. The summed E-state index contributed by atoms with van der Waals surface area (Å²) in [5.74, 6) is 5.84. The van der Waals surface area contributed by atoms with E-state index in [0.29, 0.717) is 6.42 Å². The van der Waals surface area contributed by atoms with E-state index in [4.69, 9.17) is 0 Å². The molecule has 1 N–H and O–H groups in total. The molecule has 0 aliphatic heterocycles. The van der Waals surface area contributed by atoms with Crippen molar-refractivity contribution in [1.82, 2.24) is 14.9 Å². The molecule has 1 amide bonds. The largest absolute Gasteiger partial charge is 0.356 e. The molecular weight excluding hydrogens is 286 g/mol. The minimum Gasteiger partial charge on any atom is -0.356 e. The van der Waals surface area contributed by atoms with E-state index < -0.39 is 0 Å². The van der Waals surface area contributed by atoms with Gasteiger partial charge in [0.25, 0.3) is 0 Å². The van der Waals surface area contributed by atoms with Crippen molar-refractivity contribution in [2.75, 3.05) is 6.54 Å². The third kappa shape index (κ3) is 3.05. The zero-order valence-corrected chi connectivity index (χ0v) is 14.2. The van der Waals surface area contributed by atoms with Gasteiger partial charge in [0.15, 0.2) is 0 Å². The van der Waals surface area contributed by atoms with Gasteiger partial charge < -0.3 is 9.88 Å². The average molecular weight is 315 g/mol. The van der Waals surface area contributed by atoms with Gasteiger partial charge in [-0.1, -0.05) is 6.92 Å². The Bertz CT molecular complexity index is 537. The quantitative estimate of drug-likeness (QED) is 0.877. The summed E-state index contributed by atoms with van der Waals surface area (Å²) in [6.45, 7) is 3.76. The minimum absolute atomic E-state index is 0.203. The van der Waals surface area contributed by atoms with Crippen molar-refractivity contribution < 1.29 is 4.79 Å². The first-order chi connectivity index (χ1) is 11.2. The van der Waals surface area contributed by atoms with Crippen LogP contribution in [0.25, 0.3) is 0 Å². The maximum absolute atomic E-state index is 12.2. The second-order valence-corrected chi connectivity index (χ2v) is 8.04. The van der Waals surface area contributed by atoms with Crippen LogP contribution in [0.15, 0.2) is 12.4 Å². The van der Waals surface area contributed by atoms with E-state index >= 15 is 0 Å². The summed E-state index contributed by atoms with van der Waals surface area (Å²) in [4.78, 5) is 16.5. The van der Waals surface area contributed by atoms with Crippen molar-refractivity contribution in [3.63, 3.8) is 0 Å². The number of amides is 1. The van der Waals surface area contributed by atoms with E-state index in [-0.39, 0.29) is 5.91 Å². The van der Waals surface area contributed by atoms with Gasteiger partial charge in [-0.25, -0.2) is 4.98 Å². The summed E-state index contributed by atoms with van der Waals surface area (Å²) in [6, 6.07) is 0. The van der Waals surface area contributed by atoms with Gasteiger partial charge in [0.2, 0.25) is 5.91 Å². The summed E-state index contributed by atoms with van der Waals surface area (Å²) in [5.41, 5.74) is 0. The lowest BCUT2D eigenvalue weighted by Gasteiger charge is -2.54. The lowest BCUT2D eigenvalue weighted by atomic mass is 9.52. The standard InChI is InChI=1S/C19H29N3O/c1-2-18-20-4-6-22(18)5-3-19(23)21-12-17-15-8-13-7-14(10-15)11-16(17)9-13/h4,6,13-17H,2-3,5,7-12H2,1H3,(H,21,23). The number of aryl methyl sites for hydroxylation is 2. The zero-order chi connectivity index (χ0) is 15.8. The van der Waals surface area contributed by atoms with Crippen LogP contribution in [-0.2, 0) is 17.8 Å². The second kappa shape index (κ2) is 6.29. The van der Waals surface area contributed by atoms with Gasteiger partial charge in [-0.3, -0.25) is 4.79 Å². The molecule has 0 atom stereocenters. The van der Waals surface area contributed by atoms with Gasteiger partial charge in [-0.2, -0.15) is 0 Å². The smallest absolute Gasteiger partial charge is 0.221 e. The normalized spacial score (nSPS) is 34.7. The van der Waals surface area contributed by atoms with Gasteiger partial charge >= 0.3 is 0 Å². The van der Waals surface area contributed by atoms with Crippen LogP contribution in [0.2, 0.25) is 0 Å². The maximum Gasteiger partial charge on any atom is 0.221 e. The van der Waals surface area contributed by atoms with Crippen LogP contribution in [0.3, 0.4) is 0 Å². The van der Waals surface area contributed by atoms with Crippen LogP contribution in [0.4, 0.5) is 0 Å². The summed E-state index contributed by atoms with van der Waals surface area (Å²) in [7, 11) is 0. The topological polar surface area (TPSA) is 46.9 Å². The van der Waals surface area contributed by atoms with E-state index in [9.17, 15) is 4.79 Å². The molecular formula is C19H29N3O. The summed E-state index contributed by atoms with van der Waals surface area (Å²) in [6.07, 6.45) is 12.5. The molecule has 1 aromatic rings. The minimum atomic E-state index is 0.203.